The molecular formula is C28H31N3O3S. The Balaban J connectivity index is 1.46. The lowest BCUT2D eigenvalue weighted by molar-refractivity contribution is -0.118. The summed E-state index contributed by atoms with van der Waals surface area (Å²) >= 11 is 1.50. The second-order valence-electron chi connectivity index (χ2n) is 8.59. The number of piperidine rings is 1. The van der Waals surface area contributed by atoms with Gasteiger partial charge in [-0.2, -0.15) is 0 Å². The lowest BCUT2D eigenvalue weighted by Crippen LogP contribution is -2.36. The smallest absolute Gasteiger partial charge is 0.268 e. The van der Waals surface area contributed by atoms with E-state index in [4.69, 9.17) is 4.74 Å². The van der Waals surface area contributed by atoms with E-state index in [1.54, 1.807) is 37.5 Å². The first kappa shape index (κ1) is 24.5. The molecule has 182 valence electrons. The fraction of sp³-hybridized carbons (Fsp3) is 0.286. The van der Waals surface area contributed by atoms with Crippen LogP contribution in [0.3, 0.4) is 0 Å². The largest absolute Gasteiger partial charge is 0.497 e. The van der Waals surface area contributed by atoms with Gasteiger partial charge < -0.3 is 20.3 Å². The molecule has 1 aliphatic rings. The van der Waals surface area contributed by atoms with Gasteiger partial charge >= 0.3 is 0 Å². The summed E-state index contributed by atoms with van der Waals surface area (Å²) in [7, 11) is 1.57. The van der Waals surface area contributed by atoms with E-state index in [0.717, 1.165) is 23.5 Å². The molecule has 35 heavy (non-hydrogen) atoms. The van der Waals surface area contributed by atoms with E-state index >= 15 is 0 Å². The summed E-state index contributed by atoms with van der Waals surface area (Å²) in [6, 6.07) is 18.7. The van der Waals surface area contributed by atoms with Crippen LogP contribution in [-0.4, -0.2) is 32.0 Å². The van der Waals surface area contributed by atoms with E-state index in [2.05, 4.69) is 39.8 Å². The van der Waals surface area contributed by atoms with Crippen LogP contribution in [0, 0.1) is 0 Å². The molecule has 0 radical (unpaired) electrons. The maximum Gasteiger partial charge on any atom is 0.268 e. The van der Waals surface area contributed by atoms with Crippen LogP contribution in [0.25, 0.3) is 6.08 Å². The topological polar surface area (TPSA) is 70.7 Å². The van der Waals surface area contributed by atoms with Gasteiger partial charge in [0.1, 0.15) is 11.4 Å². The second kappa shape index (κ2) is 11.7. The molecule has 6 nitrogen and oxygen atoms in total. The predicted molar refractivity (Wildman–Crippen MR) is 142 cm³/mol. The molecule has 3 aromatic rings. The number of carbonyl (C=O) groups is 2. The molecule has 1 fully saturated rings. The maximum absolute atomic E-state index is 13.2. The van der Waals surface area contributed by atoms with Gasteiger partial charge in [-0.05, 0) is 85.7 Å². The van der Waals surface area contributed by atoms with E-state index in [1.165, 1.54) is 36.3 Å². The predicted octanol–water partition coefficient (Wildman–Crippen LogP) is 5.40. The van der Waals surface area contributed by atoms with Crippen LogP contribution in [0.4, 0.5) is 5.69 Å². The molecule has 7 heteroatoms. The van der Waals surface area contributed by atoms with Crippen molar-refractivity contribution in [2.75, 3.05) is 25.1 Å². The second-order valence-corrected chi connectivity index (χ2v) is 9.57. The molecule has 1 atom stereocenters. The number of hydrogen-bond donors (Lipinski definition) is 2. The SMILES string of the molecule is COc1ccc(C(=O)N/C(=C\c2cccs2)C(=O)N[C@@H](C)c2ccc(N3CCCCC3)cc2)cc1. The highest BCUT2D eigenvalue weighted by Crippen LogP contribution is 2.23. The van der Waals surface area contributed by atoms with Crippen LogP contribution < -0.4 is 20.3 Å². The molecule has 0 aliphatic carbocycles. The zero-order valence-corrected chi connectivity index (χ0v) is 20.9. The number of anilines is 1. The fourth-order valence-electron chi connectivity index (χ4n) is 4.09. The third-order valence-electron chi connectivity index (χ3n) is 6.14. The molecule has 2 aromatic carbocycles. The summed E-state index contributed by atoms with van der Waals surface area (Å²) in [6.45, 7) is 4.13. The monoisotopic (exact) mass is 489 g/mol. The molecule has 1 saturated heterocycles. The highest BCUT2D eigenvalue weighted by Gasteiger charge is 2.18. The number of hydrogen-bond acceptors (Lipinski definition) is 5. The average molecular weight is 490 g/mol. The minimum Gasteiger partial charge on any atom is -0.497 e. The maximum atomic E-state index is 13.2. The minimum absolute atomic E-state index is 0.199. The normalized spacial score (nSPS) is 14.8. The molecule has 0 saturated carbocycles. The first-order valence-corrected chi connectivity index (χ1v) is 12.8. The van der Waals surface area contributed by atoms with Crippen molar-refractivity contribution < 1.29 is 14.3 Å². The number of nitrogens with one attached hydrogen (secondary N) is 2. The van der Waals surface area contributed by atoms with Crippen LogP contribution >= 0.6 is 11.3 Å². The number of benzene rings is 2. The van der Waals surface area contributed by atoms with Gasteiger partial charge in [-0.15, -0.1) is 11.3 Å². The molecule has 2 amide bonds. The van der Waals surface area contributed by atoms with E-state index in [0.29, 0.717) is 11.3 Å². The van der Waals surface area contributed by atoms with Gasteiger partial charge in [-0.1, -0.05) is 18.2 Å². The Morgan fingerprint density at radius 3 is 2.34 bits per heavy atom. The van der Waals surface area contributed by atoms with Crippen molar-refractivity contribution >= 4 is 34.9 Å². The Kier molecular flexibility index (Phi) is 8.21. The molecule has 1 aliphatic heterocycles. The van der Waals surface area contributed by atoms with Gasteiger partial charge in [-0.25, -0.2) is 0 Å². The van der Waals surface area contributed by atoms with Crippen molar-refractivity contribution in [3.05, 3.63) is 87.7 Å². The summed E-state index contributed by atoms with van der Waals surface area (Å²) in [5.74, 6) is -0.0363. The molecule has 4 rings (SSSR count). The van der Waals surface area contributed by atoms with Crippen molar-refractivity contribution in [1.29, 1.82) is 0 Å². The Labute approximate surface area is 210 Å². The number of nitrogens with zero attached hydrogens (tertiary/aromatic N) is 1. The van der Waals surface area contributed by atoms with Crippen molar-refractivity contribution in [3.8, 4) is 5.75 Å². The van der Waals surface area contributed by atoms with E-state index in [-0.39, 0.29) is 23.6 Å². The third-order valence-corrected chi connectivity index (χ3v) is 6.96. The van der Waals surface area contributed by atoms with Crippen molar-refractivity contribution in [1.82, 2.24) is 10.6 Å². The first-order chi connectivity index (χ1) is 17.0. The van der Waals surface area contributed by atoms with Crippen LogP contribution in [0.1, 0.15) is 53.0 Å². The van der Waals surface area contributed by atoms with Crippen LogP contribution in [0.2, 0.25) is 0 Å². The zero-order valence-electron chi connectivity index (χ0n) is 20.1. The molecule has 0 spiro atoms. The van der Waals surface area contributed by atoms with Crippen LogP contribution in [-0.2, 0) is 4.79 Å². The van der Waals surface area contributed by atoms with Gasteiger partial charge in [0.25, 0.3) is 11.8 Å². The Morgan fingerprint density at radius 1 is 1.00 bits per heavy atom. The highest BCUT2D eigenvalue weighted by molar-refractivity contribution is 7.10. The molecule has 0 bridgehead atoms. The minimum atomic E-state index is -0.357. The summed E-state index contributed by atoms with van der Waals surface area (Å²) in [6.07, 6.45) is 5.47. The highest BCUT2D eigenvalue weighted by atomic mass is 32.1. The third kappa shape index (κ3) is 6.51. The number of ether oxygens (including phenoxy) is 1. The van der Waals surface area contributed by atoms with Gasteiger partial charge in [0, 0.05) is 29.2 Å². The van der Waals surface area contributed by atoms with Crippen molar-refractivity contribution in [3.63, 3.8) is 0 Å². The standard InChI is InChI=1S/C28H31N3O3S/c1-20(21-8-12-23(13-9-21)31-16-4-3-5-17-31)29-28(33)26(19-25-7-6-18-35-25)30-27(32)22-10-14-24(34-2)15-11-22/h6-15,18-20H,3-5,16-17H2,1-2H3,(H,29,33)(H,30,32)/b26-19-/t20-/m0/s1. The quantitative estimate of drug-likeness (QED) is 0.416. The van der Waals surface area contributed by atoms with Crippen LogP contribution in [0.5, 0.6) is 5.75 Å². The molecule has 1 aromatic heterocycles. The van der Waals surface area contributed by atoms with Gasteiger partial charge in [0.05, 0.1) is 13.2 Å². The van der Waals surface area contributed by atoms with Crippen molar-refractivity contribution in [2.45, 2.75) is 32.2 Å². The number of carbonyl (C=O) groups excluding carboxylic acids is 2. The van der Waals surface area contributed by atoms with Gasteiger partial charge in [-0.3, -0.25) is 9.59 Å². The Hall–Kier alpha value is -3.58. The average Bonchev–Trinajstić information content (AvgIpc) is 3.42. The number of amides is 2. The summed E-state index contributed by atoms with van der Waals surface area (Å²) < 4.78 is 5.16. The van der Waals surface area contributed by atoms with Crippen molar-refractivity contribution in [2.24, 2.45) is 0 Å². The number of methoxy groups -OCH3 is 1. The van der Waals surface area contributed by atoms with Gasteiger partial charge in [0.2, 0.25) is 0 Å². The number of rotatable bonds is 8. The molecule has 2 N–H and O–H groups in total. The fourth-order valence-corrected chi connectivity index (χ4v) is 4.75. The van der Waals surface area contributed by atoms with Gasteiger partial charge in [0.15, 0.2) is 0 Å². The van der Waals surface area contributed by atoms with Crippen LogP contribution in [0.15, 0.2) is 71.7 Å². The lowest BCUT2D eigenvalue weighted by Gasteiger charge is -2.29. The molecule has 0 unspecified atom stereocenters. The lowest BCUT2D eigenvalue weighted by atomic mass is 10.1. The summed E-state index contributed by atoms with van der Waals surface area (Å²) in [5, 5.41) is 7.75. The molecular weight excluding hydrogens is 458 g/mol. The zero-order chi connectivity index (χ0) is 24.6. The number of thiophene rings is 1. The summed E-state index contributed by atoms with van der Waals surface area (Å²) in [5.41, 5.74) is 2.87. The molecule has 2 heterocycles. The Morgan fingerprint density at radius 2 is 1.71 bits per heavy atom. The van der Waals surface area contributed by atoms with E-state index in [9.17, 15) is 9.59 Å². The summed E-state index contributed by atoms with van der Waals surface area (Å²) in [4.78, 5) is 29.4. The first-order valence-electron chi connectivity index (χ1n) is 11.9. The van der Waals surface area contributed by atoms with E-state index in [1.807, 2.05) is 24.4 Å². The Bertz CT molecular complexity index is 1150. The van der Waals surface area contributed by atoms with E-state index < -0.39 is 0 Å².